The molecule has 0 fully saturated rings. The topological polar surface area (TPSA) is 74.6 Å². The maximum absolute atomic E-state index is 12.0. The van der Waals surface area contributed by atoms with Gasteiger partial charge in [0.25, 0.3) is 0 Å². The highest BCUT2D eigenvalue weighted by Gasteiger charge is 2.07. The van der Waals surface area contributed by atoms with Gasteiger partial charge in [0.1, 0.15) is 5.75 Å². The summed E-state index contributed by atoms with van der Waals surface area (Å²) in [5.74, 6) is 0.577. The highest BCUT2D eigenvalue weighted by molar-refractivity contribution is 8.01. The van der Waals surface area contributed by atoms with E-state index >= 15 is 0 Å². The molecule has 1 amide bonds. The van der Waals surface area contributed by atoms with E-state index in [4.69, 9.17) is 0 Å². The molecule has 1 heterocycles. The maximum Gasteiger partial charge on any atom is 0.240 e. The van der Waals surface area contributed by atoms with E-state index in [1.165, 1.54) is 6.21 Å². The van der Waals surface area contributed by atoms with Crippen LogP contribution in [0.4, 0.5) is 0 Å². The van der Waals surface area contributed by atoms with Crippen LogP contribution in [-0.4, -0.2) is 28.0 Å². The first-order chi connectivity index (χ1) is 13.7. The van der Waals surface area contributed by atoms with Gasteiger partial charge in [-0.25, -0.2) is 10.4 Å². The van der Waals surface area contributed by atoms with Crippen LogP contribution in [0.3, 0.4) is 0 Å². The normalized spacial score (nSPS) is 11.4. The summed E-state index contributed by atoms with van der Waals surface area (Å²) < 4.78 is 2.10. The molecule has 4 aromatic rings. The minimum absolute atomic E-state index is 0.128. The van der Waals surface area contributed by atoms with Gasteiger partial charge in [0, 0.05) is 17.7 Å². The van der Waals surface area contributed by atoms with Crippen LogP contribution in [0.2, 0.25) is 0 Å². The number of aromatic hydroxyl groups is 1. The number of carbonyl (C=O) groups is 1. The van der Waals surface area contributed by atoms with Crippen molar-refractivity contribution in [3.63, 3.8) is 0 Å². The summed E-state index contributed by atoms with van der Waals surface area (Å²) in [4.78, 5) is 16.6. The lowest BCUT2D eigenvalue weighted by Gasteiger charge is -2.04. The van der Waals surface area contributed by atoms with Gasteiger partial charge in [0.15, 0.2) is 4.34 Å². The molecule has 2 N–H and O–H groups in total. The number of hydrazone groups is 1. The fourth-order valence-electron chi connectivity index (χ4n) is 2.79. The second-order valence-electron chi connectivity index (χ2n) is 6.06. The SMILES string of the molecule is O=C(CCSc1nc2ccccc2s1)N/N=C\c1c(O)ccc2ccccc12. The van der Waals surface area contributed by atoms with Crippen molar-refractivity contribution in [1.82, 2.24) is 10.4 Å². The Hall–Kier alpha value is -2.90. The minimum Gasteiger partial charge on any atom is -0.507 e. The van der Waals surface area contributed by atoms with Gasteiger partial charge in [0.05, 0.1) is 16.4 Å². The Balaban J connectivity index is 1.33. The van der Waals surface area contributed by atoms with Crippen molar-refractivity contribution < 1.29 is 9.90 Å². The lowest BCUT2D eigenvalue weighted by molar-refractivity contribution is -0.120. The number of thioether (sulfide) groups is 1. The van der Waals surface area contributed by atoms with Crippen LogP contribution >= 0.6 is 23.1 Å². The van der Waals surface area contributed by atoms with Gasteiger partial charge in [-0.05, 0) is 29.0 Å². The highest BCUT2D eigenvalue weighted by atomic mass is 32.2. The smallest absolute Gasteiger partial charge is 0.240 e. The molecule has 0 saturated heterocycles. The van der Waals surface area contributed by atoms with Crippen LogP contribution in [0.15, 0.2) is 70.1 Å². The molecule has 28 heavy (non-hydrogen) atoms. The number of phenolic OH excluding ortho intramolecular Hbond substituents is 1. The van der Waals surface area contributed by atoms with Crippen LogP contribution in [0.1, 0.15) is 12.0 Å². The molecule has 5 nitrogen and oxygen atoms in total. The lowest BCUT2D eigenvalue weighted by Crippen LogP contribution is -2.17. The predicted molar refractivity (Wildman–Crippen MR) is 116 cm³/mol. The van der Waals surface area contributed by atoms with Crippen LogP contribution in [0, 0.1) is 0 Å². The molecule has 7 heteroatoms. The molecule has 3 aromatic carbocycles. The molecule has 4 rings (SSSR count). The zero-order valence-corrected chi connectivity index (χ0v) is 16.5. The fourth-order valence-corrected chi connectivity index (χ4v) is 4.87. The van der Waals surface area contributed by atoms with Gasteiger partial charge in [0.2, 0.25) is 5.91 Å². The Morgan fingerprint density at radius 1 is 1.14 bits per heavy atom. The van der Waals surface area contributed by atoms with Crippen molar-refractivity contribution in [2.24, 2.45) is 5.10 Å². The maximum atomic E-state index is 12.0. The first-order valence-corrected chi connectivity index (χ1v) is 10.5. The zero-order valence-electron chi connectivity index (χ0n) is 14.8. The lowest BCUT2D eigenvalue weighted by atomic mass is 10.0. The number of benzene rings is 3. The van der Waals surface area contributed by atoms with E-state index in [2.05, 4.69) is 15.5 Å². The number of amides is 1. The Kier molecular flexibility index (Phi) is 5.55. The first kappa shape index (κ1) is 18.5. The van der Waals surface area contributed by atoms with Gasteiger partial charge in [-0.15, -0.1) is 11.3 Å². The molecule has 0 radical (unpaired) electrons. The van der Waals surface area contributed by atoms with E-state index < -0.39 is 0 Å². The fraction of sp³-hybridized carbons (Fsp3) is 0.0952. The summed E-state index contributed by atoms with van der Waals surface area (Å²) in [6, 6.07) is 19.2. The van der Waals surface area contributed by atoms with Gasteiger partial charge < -0.3 is 5.11 Å². The monoisotopic (exact) mass is 407 g/mol. The predicted octanol–water partition coefficient (Wildman–Crippen LogP) is 4.79. The number of carbonyl (C=O) groups excluding carboxylic acids is 1. The summed E-state index contributed by atoms with van der Waals surface area (Å²) in [6.45, 7) is 0. The number of hydrogen-bond donors (Lipinski definition) is 2. The number of phenols is 1. The van der Waals surface area contributed by atoms with Gasteiger partial charge in [-0.3, -0.25) is 4.79 Å². The minimum atomic E-state index is -0.176. The molecule has 140 valence electrons. The molecule has 1 aromatic heterocycles. The second-order valence-corrected chi connectivity index (χ2v) is 8.43. The molecule has 0 unspecified atom stereocenters. The van der Waals surface area contributed by atoms with Crippen molar-refractivity contribution in [2.75, 3.05) is 5.75 Å². The molecule has 0 aliphatic heterocycles. The van der Waals surface area contributed by atoms with Gasteiger partial charge >= 0.3 is 0 Å². The summed E-state index contributed by atoms with van der Waals surface area (Å²) in [5.41, 5.74) is 4.10. The standard InChI is InChI=1S/C21H17N3O2S2/c25-18-10-9-14-5-1-2-6-15(14)16(18)13-22-24-20(26)11-12-27-21-23-17-7-3-4-8-19(17)28-21/h1-10,13,25H,11-12H2,(H,24,26)/b22-13-. The Bertz CT molecular complexity index is 1140. The van der Waals surface area contributed by atoms with E-state index in [0.717, 1.165) is 25.3 Å². The average molecular weight is 408 g/mol. The summed E-state index contributed by atoms with van der Waals surface area (Å²) >= 11 is 3.19. The molecular formula is C21H17N3O2S2. The molecule has 0 atom stereocenters. The Morgan fingerprint density at radius 3 is 2.86 bits per heavy atom. The van der Waals surface area contributed by atoms with E-state index in [-0.39, 0.29) is 11.7 Å². The van der Waals surface area contributed by atoms with Crippen molar-refractivity contribution in [2.45, 2.75) is 10.8 Å². The van der Waals surface area contributed by atoms with Crippen molar-refractivity contribution >= 4 is 56.2 Å². The number of aromatic nitrogens is 1. The van der Waals surface area contributed by atoms with Gasteiger partial charge in [-0.2, -0.15) is 5.10 Å². The van der Waals surface area contributed by atoms with E-state index in [0.29, 0.717) is 17.7 Å². The van der Waals surface area contributed by atoms with Crippen molar-refractivity contribution in [3.05, 3.63) is 66.2 Å². The van der Waals surface area contributed by atoms with Gasteiger partial charge in [-0.1, -0.05) is 54.2 Å². The Morgan fingerprint density at radius 2 is 1.96 bits per heavy atom. The number of fused-ring (bicyclic) bond motifs is 2. The quantitative estimate of drug-likeness (QED) is 0.274. The third-order valence-electron chi connectivity index (χ3n) is 4.16. The molecule has 0 saturated carbocycles. The van der Waals surface area contributed by atoms with Crippen LogP contribution in [-0.2, 0) is 4.79 Å². The summed E-state index contributed by atoms with van der Waals surface area (Å²) in [6.07, 6.45) is 1.82. The molecule has 0 aliphatic rings. The second kappa shape index (κ2) is 8.41. The average Bonchev–Trinajstić information content (AvgIpc) is 3.12. The third-order valence-corrected chi connectivity index (χ3v) is 6.34. The van der Waals surface area contributed by atoms with E-state index in [9.17, 15) is 9.90 Å². The third kappa shape index (κ3) is 4.16. The number of nitrogens with zero attached hydrogens (tertiary/aromatic N) is 2. The van der Waals surface area contributed by atoms with Crippen LogP contribution < -0.4 is 5.43 Å². The molecule has 0 bridgehead atoms. The number of thiazole rings is 1. The molecule has 0 aliphatic carbocycles. The number of rotatable bonds is 6. The first-order valence-electron chi connectivity index (χ1n) is 8.72. The number of nitrogens with one attached hydrogen (secondary N) is 1. The van der Waals surface area contributed by atoms with Crippen LogP contribution in [0.5, 0.6) is 5.75 Å². The van der Waals surface area contributed by atoms with E-state index in [1.54, 1.807) is 29.2 Å². The molecular weight excluding hydrogens is 390 g/mol. The zero-order chi connectivity index (χ0) is 19.3. The summed E-state index contributed by atoms with van der Waals surface area (Å²) in [7, 11) is 0. The van der Waals surface area contributed by atoms with E-state index in [1.807, 2.05) is 54.6 Å². The van der Waals surface area contributed by atoms with Crippen molar-refractivity contribution in [3.8, 4) is 5.75 Å². The molecule has 0 spiro atoms. The largest absolute Gasteiger partial charge is 0.507 e. The summed E-state index contributed by atoms with van der Waals surface area (Å²) in [5, 5.41) is 16.0. The van der Waals surface area contributed by atoms with Crippen molar-refractivity contribution in [1.29, 1.82) is 0 Å². The highest BCUT2D eigenvalue weighted by Crippen LogP contribution is 2.29. The number of hydrogen-bond acceptors (Lipinski definition) is 6. The van der Waals surface area contributed by atoms with Crippen LogP contribution in [0.25, 0.3) is 21.0 Å². The number of para-hydroxylation sites is 1. The Labute approximate surface area is 170 Å².